The third-order valence-corrected chi connectivity index (χ3v) is 7.38. The Morgan fingerprint density at radius 2 is 1.96 bits per heavy atom. The van der Waals surface area contributed by atoms with Crippen LogP contribution in [0.25, 0.3) is 0 Å². The van der Waals surface area contributed by atoms with Gasteiger partial charge in [-0.2, -0.15) is 0 Å². The van der Waals surface area contributed by atoms with Gasteiger partial charge in [-0.25, -0.2) is 0 Å². The van der Waals surface area contributed by atoms with Crippen molar-refractivity contribution in [2.45, 2.75) is 50.6 Å². The molecular formula is C21H25Cl2N2OS+. The highest BCUT2D eigenvalue weighted by atomic mass is 35.5. The van der Waals surface area contributed by atoms with Crippen LogP contribution in [0.2, 0.25) is 10.0 Å². The molecule has 27 heavy (non-hydrogen) atoms. The van der Waals surface area contributed by atoms with E-state index in [9.17, 15) is 4.79 Å². The first-order valence-electron chi connectivity index (χ1n) is 9.77. The first kappa shape index (κ1) is 19.3. The topological polar surface area (TPSA) is 36.9 Å². The standard InChI is InChI=1S/C21H24Cl2N2OS/c22-14-6-7-16(18(23)12-14)21-17-9-11-27-19(17)8-10-25(21)20(26)13-24-15-4-2-1-3-5-15/h6-7,9,11-12,15,21,24H,1-5,8,10,13H2/p+1/t21-/m0/s1. The van der Waals surface area contributed by atoms with E-state index in [1.165, 1.54) is 42.5 Å². The van der Waals surface area contributed by atoms with Crippen LogP contribution < -0.4 is 5.32 Å². The number of carbonyl (C=O) groups is 1. The van der Waals surface area contributed by atoms with Gasteiger partial charge < -0.3 is 10.2 Å². The summed E-state index contributed by atoms with van der Waals surface area (Å²) in [7, 11) is 0. The molecule has 1 fully saturated rings. The van der Waals surface area contributed by atoms with Gasteiger partial charge in [0.25, 0.3) is 5.91 Å². The number of hydrogen-bond acceptors (Lipinski definition) is 2. The molecule has 2 aliphatic rings. The van der Waals surface area contributed by atoms with Crippen molar-refractivity contribution < 1.29 is 10.1 Å². The molecule has 1 aliphatic heterocycles. The third kappa shape index (κ3) is 4.19. The number of nitrogens with zero attached hydrogens (tertiary/aromatic N) is 1. The van der Waals surface area contributed by atoms with Crippen LogP contribution in [-0.4, -0.2) is 29.9 Å². The van der Waals surface area contributed by atoms with E-state index in [4.69, 9.17) is 23.2 Å². The molecule has 6 heteroatoms. The Bertz CT molecular complexity index is 816. The second kappa shape index (κ2) is 8.52. The van der Waals surface area contributed by atoms with Crippen molar-refractivity contribution in [2.75, 3.05) is 13.1 Å². The normalized spacial score (nSPS) is 20.5. The predicted octanol–water partition coefficient (Wildman–Crippen LogP) is 4.43. The molecule has 1 saturated carbocycles. The van der Waals surface area contributed by atoms with E-state index in [0.29, 0.717) is 22.6 Å². The van der Waals surface area contributed by atoms with Gasteiger partial charge in [-0.15, -0.1) is 11.3 Å². The summed E-state index contributed by atoms with van der Waals surface area (Å²) in [6, 6.07) is 8.22. The minimum atomic E-state index is -0.114. The van der Waals surface area contributed by atoms with Gasteiger partial charge in [0.15, 0.2) is 6.54 Å². The highest BCUT2D eigenvalue weighted by molar-refractivity contribution is 7.10. The molecule has 1 aromatic carbocycles. The molecule has 0 unspecified atom stereocenters. The summed E-state index contributed by atoms with van der Waals surface area (Å²) in [6.07, 6.45) is 7.30. The van der Waals surface area contributed by atoms with E-state index >= 15 is 0 Å². The molecule has 1 aromatic heterocycles. The number of amides is 1. The lowest BCUT2D eigenvalue weighted by molar-refractivity contribution is -0.682. The predicted molar refractivity (Wildman–Crippen MR) is 112 cm³/mol. The molecule has 0 saturated heterocycles. The van der Waals surface area contributed by atoms with Crippen LogP contribution in [0.5, 0.6) is 0 Å². The number of hydrogen-bond donors (Lipinski definition) is 1. The number of halogens is 2. The number of rotatable bonds is 4. The highest BCUT2D eigenvalue weighted by Gasteiger charge is 2.34. The molecule has 1 amide bonds. The van der Waals surface area contributed by atoms with Crippen molar-refractivity contribution in [3.8, 4) is 0 Å². The van der Waals surface area contributed by atoms with Gasteiger partial charge in [0.1, 0.15) is 0 Å². The van der Waals surface area contributed by atoms with Crippen molar-refractivity contribution in [3.63, 3.8) is 0 Å². The Kier molecular flexibility index (Phi) is 6.08. The van der Waals surface area contributed by atoms with Gasteiger partial charge in [0.05, 0.1) is 12.1 Å². The minimum Gasteiger partial charge on any atom is -0.336 e. The van der Waals surface area contributed by atoms with Crippen LogP contribution in [0.1, 0.15) is 54.1 Å². The van der Waals surface area contributed by atoms with Crippen LogP contribution in [0.3, 0.4) is 0 Å². The van der Waals surface area contributed by atoms with Gasteiger partial charge in [-0.3, -0.25) is 4.79 Å². The summed E-state index contributed by atoms with van der Waals surface area (Å²) < 4.78 is 0. The molecular weight excluding hydrogens is 399 g/mol. The maximum atomic E-state index is 13.2. The Hall–Kier alpha value is -1.07. The van der Waals surface area contributed by atoms with Crippen molar-refractivity contribution in [2.24, 2.45) is 0 Å². The summed E-state index contributed by atoms with van der Waals surface area (Å²) in [4.78, 5) is 16.5. The maximum Gasteiger partial charge on any atom is 0.278 e. The van der Waals surface area contributed by atoms with Crippen LogP contribution in [0.15, 0.2) is 29.6 Å². The number of quaternary nitrogens is 1. The fourth-order valence-electron chi connectivity index (χ4n) is 4.40. The van der Waals surface area contributed by atoms with E-state index in [-0.39, 0.29) is 11.9 Å². The zero-order valence-electron chi connectivity index (χ0n) is 15.3. The first-order valence-corrected chi connectivity index (χ1v) is 11.4. The average molecular weight is 424 g/mol. The smallest absolute Gasteiger partial charge is 0.278 e. The Morgan fingerprint density at radius 3 is 2.74 bits per heavy atom. The number of nitrogens with two attached hydrogens (primary N) is 1. The SMILES string of the molecule is O=C(C[NH2+]C1CCCCC1)N1CCc2sccc2[C@@H]1c1ccc(Cl)cc1Cl. The molecule has 144 valence electrons. The zero-order valence-corrected chi connectivity index (χ0v) is 17.6. The van der Waals surface area contributed by atoms with Gasteiger partial charge in [-0.1, -0.05) is 35.7 Å². The van der Waals surface area contributed by atoms with Crippen LogP contribution in [-0.2, 0) is 11.2 Å². The number of benzene rings is 1. The molecule has 0 spiro atoms. The van der Waals surface area contributed by atoms with E-state index in [1.54, 1.807) is 17.4 Å². The minimum absolute atomic E-state index is 0.114. The summed E-state index contributed by atoms with van der Waals surface area (Å²) in [6.45, 7) is 1.26. The highest BCUT2D eigenvalue weighted by Crippen LogP contribution is 2.40. The lowest BCUT2D eigenvalue weighted by Gasteiger charge is -2.36. The van der Waals surface area contributed by atoms with E-state index in [2.05, 4.69) is 16.8 Å². The lowest BCUT2D eigenvalue weighted by Crippen LogP contribution is -2.92. The number of fused-ring (bicyclic) bond motifs is 1. The zero-order chi connectivity index (χ0) is 18.8. The molecule has 2 aromatic rings. The largest absolute Gasteiger partial charge is 0.336 e. The summed E-state index contributed by atoms with van der Waals surface area (Å²) in [5.74, 6) is 0.202. The van der Waals surface area contributed by atoms with Crippen LogP contribution >= 0.6 is 34.5 Å². The quantitative estimate of drug-likeness (QED) is 0.775. The number of thiophene rings is 1. The molecule has 0 radical (unpaired) electrons. The van der Waals surface area contributed by atoms with E-state index in [1.807, 2.05) is 17.0 Å². The second-order valence-electron chi connectivity index (χ2n) is 7.54. The molecule has 1 atom stereocenters. The van der Waals surface area contributed by atoms with Crippen molar-refractivity contribution in [3.05, 3.63) is 55.7 Å². The monoisotopic (exact) mass is 423 g/mol. The summed E-state index contributed by atoms with van der Waals surface area (Å²) in [5.41, 5.74) is 2.17. The van der Waals surface area contributed by atoms with Crippen molar-refractivity contribution >= 4 is 40.4 Å². The molecule has 1 aliphatic carbocycles. The van der Waals surface area contributed by atoms with Gasteiger partial charge in [0.2, 0.25) is 0 Å². The summed E-state index contributed by atoms with van der Waals surface area (Å²) in [5, 5.41) is 5.61. The van der Waals surface area contributed by atoms with E-state index in [0.717, 1.165) is 18.5 Å². The lowest BCUT2D eigenvalue weighted by atomic mass is 9.93. The Morgan fingerprint density at radius 1 is 1.15 bits per heavy atom. The maximum absolute atomic E-state index is 13.2. The molecule has 2 heterocycles. The number of carbonyl (C=O) groups excluding carboxylic acids is 1. The molecule has 4 rings (SSSR count). The first-order chi connectivity index (χ1) is 13.1. The second-order valence-corrected chi connectivity index (χ2v) is 9.39. The van der Waals surface area contributed by atoms with Gasteiger partial charge in [0, 0.05) is 21.5 Å². The molecule has 0 bridgehead atoms. The van der Waals surface area contributed by atoms with Crippen molar-refractivity contribution in [1.82, 2.24) is 4.90 Å². The molecule has 3 nitrogen and oxygen atoms in total. The Balaban J connectivity index is 1.57. The van der Waals surface area contributed by atoms with E-state index < -0.39 is 0 Å². The fraction of sp³-hybridized carbons (Fsp3) is 0.476. The van der Waals surface area contributed by atoms with Crippen LogP contribution in [0.4, 0.5) is 0 Å². The van der Waals surface area contributed by atoms with Gasteiger partial charge >= 0.3 is 0 Å². The summed E-state index contributed by atoms with van der Waals surface area (Å²) >= 11 is 14.4. The molecule has 2 N–H and O–H groups in total. The van der Waals surface area contributed by atoms with Gasteiger partial charge in [-0.05, 0) is 66.8 Å². The Labute approximate surface area is 174 Å². The van der Waals surface area contributed by atoms with Crippen LogP contribution in [0, 0.1) is 0 Å². The third-order valence-electron chi connectivity index (χ3n) is 5.82. The van der Waals surface area contributed by atoms with Crippen molar-refractivity contribution in [1.29, 1.82) is 0 Å². The fourth-order valence-corrected chi connectivity index (χ4v) is 5.81. The average Bonchev–Trinajstić information content (AvgIpc) is 3.15.